The van der Waals surface area contributed by atoms with E-state index in [9.17, 15) is 14.7 Å². The van der Waals surface area contributed by atoms with Crippen molar-refractivity contribution in [3.8, 4) is 5.75 Å². The van der Waals surface area contributed by atoms with Gasteiger partial charge in [0.1, 0.15) is 5.75 Å². The highest BCUT2D eigenvalue weighted by molar-refractivity contribution is 9.10. The number of amides is 1. The summed E-state index contributed by atoms with van der Waals surface area (Å²) in [6.07, 6.45) is -0.238. The molecule has 1 atom stereocenters. The van der Waals surface area contributed by atoms with E-state index in [-0.39, 0.29) is 12.3 Å². The van der Waals surface area contributed by atoms with E-state index in [0.29, 0.717) is 16.2 Å². The Morgan fingerprint density at radius 2 is 2.13 bits per heavy atom. The van der Waals surface area contributed by atoms with E-state index in [4.69, 9.17) is 4.74 Å². The Labute approximate surface area is 146 Å². The molecule has 1 heterocycles. The topological polar surface area (TPSA) is 75.6 Å². The van der Waals surface area contributed by atoms with Gasteiger partial charge in [-0.25, -0.2) is 0 Å². The molecule has 5 nitrogen and oxygen atoms in total. The fourth-order valence-corrected chi connectivity index (χ4v) is 3.55. The van der Waals surface area contributed by atoms with E-state index in [1.54, 1.807) is 42.6 Å². The average Bonchev–Trinajstić information content (AvgIpc) is 2.93. The second-order valence-corrected chi connectivity index (χ2v) is 7.04. The number of thiophene rings is 1. The number of rotatable bonds is 6. The van der Waals surface area contributed by atoms with Crippen LogP contribution in [0, 0.1) is 0 Å². The zero-order chi connectivity index (χ0) is 17.0. The number of aliphatic carboxylic acids is 1. The van der Waals surface area contributed by atoms with Gasteiger partial charge in [-0.1, -0.05) is 12.1 Å². The number of ether oxygens (including phenoxy) is 1. The van der Waals surface area contributed by atoms with Crippen molar-refractivity contribution >= 4 is 39.1 Å². The number of halogens is 1. The molecule has 0 spiro atoms. The normalized spacial score (nSPS) is 13.2. The molecule has 0 bridgehead atoms. The van der Waals surface area contributed by atoms with Gasteiger partial charge in [0.05, 0.1) is 23.9 Å². The second kappa shape index (κ2) is 7.14. The van der Waals surface area contributed by atoms with Gasteiger partial charge < -0.3 is 15.2 Å². The van der Waals surface area contributed by atoms with Gasteiger partial charge in [0.25, 0.3) is 5.91 Å². The molecule has 0 saturated carbocycles. The molecule has 0 aliphatic rings. The Balaban J connectivity index is 2.34. The van der Waals surface area contributed by atoms with Crippen LogP contribution in [-0.2, 0) is 10.3 Å². The quantitative estimate of drug-likeness (QED) is 0.779. The van der Waals surface area contributed by atoms with Crippen LogP contribution in [0.2, 0.25) is 0 Å². The van der Waals surface area contributed by atoms with Gasteiger partial charge in [-0.15, -0.1) is 11.3 Å². The molecular weight excluding hydrogens is 382 g/mol. The van der Waals surface area contributed by atoms with Crippen LogP contribution in [0.5, 0.6) is 5.75 Å². The summed E-state index contributed by atoms with van der Waals surface area (Å²) >= 11 is 4.59. The maximum absolute atomic E-state index is 12.4. The molecule has 1 unspecified atom stereocenters. The Morgan fingerprint density at radius 1 is 1.39 bits per heavy atom. The van der Waals surface area contributed by atoms with Crippen LogP contribution in [0.25, 0.3) is 0 Å². The van der Waals surface area contributed by atoms with E-state index in [1.165, 1.54) is 18.4 Å². The van der Waals surface area contributed by atoms with Crippen molar-refractivity contribution < 1.29 is 19.4 Å². The Morgan fingerprint density at radius 3 is 2.70 bits per heavy atom. The van der Waals surface area contributed by atoms with E-state index < -0.39 is 11.5 Å². The largest absolute Gasteiger partial charge is 0.497 e. The van der Waals surface area contributed by atoms with Crippen LogP contribution in [0.4, 0.5) is 0 Å². The zero-order valence-electron chi connectivity index (χ0n) is 12.6. The molecule has 23 heavy (non-hydrogen) atoms. The number of nitrogens with one attached hydrogen (secondary N) is 1. The van der Waals surface area contributed by atoms with Crippen LogP contribution < -0.4 is 10.1 Å². The number of methoxy groups -OCH3 is 1. The number of carbonyl (C=O) groups is 2. The first-order valence-electron chi connectivity index (χ1n) is 6.77. The molecule has 0 radical (unpaired) electrons. The lowest BCUT2D eigenvalue weighted by molar-refractivity contribution is -0.138. The first kappa shape index (κ1) is 17.5. The molecule has 0 saturated heterocycles. The summed E-state index contributed by atoms with van der Waals surface area (Å²) in [5, 5.41) is 13.9. The summed E-state index contributed by atoms with van der Waals surface area (Å²) in [6.45, 7) is 1.69. The number of hydrogen-bond donors (Lipinski definition) is 2. The fraction of sp³-hybridized carbons (Fsp3) is 0.250. The van der Waals surface area contributed by atoms with Gasteiger partial charge in [-0.3, -0.25) is 9.59 Å². The average molecular weight is 398 g/mol. The lowest BCUT2D eigenvalue weighted by Crippen LogP contribution is -2.44. The van der Waals surface area contributed by atoms with Crippen molar-refractivity contribution in [1.29, 1.82) is 0 Å². The summed E-state index contributed by atoms with van der Waals surface area (Å²) in [6, 6.07) is 8.74. The van der Waals surface area contributed by atoms with Crippen LogP contribution >= 0.6 is 27.3 Å². The Hall–Kier alpha value is -1.86. The van der Waals surface area contributed by atoms with Gasteiger partial charge in [0, 0.05) is 9.85 Å². The van der Waals surface area contributed by atoms with Crippen LogP contribution in [-0.4, -0.2) is 24.1 Å². The minimum absolute atomic E-state index is 0.238. The van der Waals surface area contributed by atoms with Gasteiger partial charge in [-0.2, -0.15) is 0 Å². The lowest BCUT2D eigenvalue weighted by Gasteiger charge is -2.30. The smallest absolute Gasteiger partial charge is 0.306 e. The molecule has 1 aromatic heterocycles. The minimum Gasteiger partial charge on any atom is -0.497 e. The van der Waals surface area contributed by atoms with Crippen LogP contribution in [0.15, 0.2) is 40.2 Å². The summed E-state index contributed by atoms with van der Waals surface area (Å²) in [4.78, 5) is 24.2. The van der Waals surface area contributed by atoms with Crippen LogP contribution in [0.1, 0.15) is 28.6 Å². The number of carboxylic acid groups (broad SMARTS) is 1. The fourth-order valence-electron chi connectivity index (χ4n) is 2.23. The third kappa shape index (κ3) is 4.33. The SMILES string of the molecule is COc1cccc(C(C)(CC(=O)O)NC(=O)c2cc(Br)cs2)c1. The summed E-state index contributed by atoms with van der Waals surface area (Å²) in [7, 11) is 1.54. The molecule has 0 aliphatic carbocycles. The standard InChI is InChI=1S/C16H16BrNO4S/c1-16(8-14(19)20,10-4-3-5-12(6-10)22-2)18-15(21)13-7-11(17)9-23-13/h3-7,9H,8H2,1-2H3,(H,18,21)(H,19,20). The van der Waals surface area contributed by atoms with Gasteiger partial charge in [0.2, 0.25) is 0 Å². The maximum atomic E-state index is 12.4. The molecule has 2 rings (SSSR count). The van der Waals surface area contributed by atoms with E-state index >= 15 is 0 Å². The molecule has 0 aliphatic heterocycles. The second-order valence-electron chi connectivity index (χ2n) is 5.22. The monoisotopic (exact) mass is 397 g/mol. The number of carboxylic acids is 1. The molecule has 1 amide bonds. The summed E-state index contributed by atoms with van der Waals surface area (Å²) < 4.78 is 6.00. The highest BCUT2D eigenvalue weighted by Gasteiger charge is 2.32. The van der Waals surface area contributed by atoms with Crippen molar-refractivity contribution in [1.82, 2.24) is 5.32 Å². The minimum atomic E-state index is -1.05. The van der Waals surface area contributed by atoms with E-state index in [2.05, 4.69) is 21.2 Å². The van der Waals surface area contributed by atoms with Crippen molar-refractivity contribution in [2.75, 3.05) is 7.11 Å². The third-order valence-electron chi connectivity index (χ3n) is 3.39. The maximum Gasteiger partial charge on any atom is 0.306 e. The van der Waals surface area contributed by atoms with Crippen molar-refractivity contribution in [3.05, 3.63) is 50.6 Å². The Kier molecular flexibility index (Phi) is 5.43. The predicted molar refractivity (Wildman–Crippen MR) is 92.1 cm³/mol. The summed E-state index contributed by atoms with van der Waals surface area (Å²) in [5.74, 6) is -0.706. The predicted octanol–water partition coefficient (Wildman–Crippen LogP) is 3.64. The molecule has 2 aromatic rings. The third-order valence-corrected chi connectivity index (χ3v) is 5.08. The molecule has 122 valence electrons. The molecule has 0 fully saturated rings. The van der Waals surface area contributed by atoms with E-state index in [0.717, 1.165) is 4.47 Å². The van der Waals surface area contributed by atoms with Crippen LogP contribution in [0.3, 0.4) is 0 Å². The number of hydrogen-bond acceptors (Lipinski definition) is 4. The Bertz CT molecular complexity index is 730. The lowest BCUT2D eigenvalue weighted by atomic mass is 9.88. The van der Waals surface area contributed by atoms with Crippen molar-refractivity contribution in [2.45, 2.75) is 18.9 Å². The van der Waals surface area contributed by atoms with Gasteiger partial charge in [-0.05, 0) is 46.6 Å². The highest BCUT2D eigenvalue weighted by atomic mass is 79.9. The highest BCUT2D eigenvalue weighted by Crippen LogP contribution is 2.29. The first-order valence-corrected chi connectivity index (χ1v) is 8.44. The summed E-state index contributed by atoms with van der Waals surface area (Å²) in [5.41, 5.74) is -0.378. The van der Waals surface area contributed by atoms with E-state index in [1.807, 2.05) is 0 Å². The zero-order valence-corrected chi connectivity index (χ0v) is 15.0. The first-order chi connectivity index (χ1) is 10.8. The number of benzene rings is 1. The molecule has 7 heteroatoms. The molecule has 2 N–H and O–H groups in total. The molecule has 1 aromatic carbocycles. The van der Waals surface area contributed by atoms with Gasteiger partial charge in [0.15, 0.2) is 0 Å². The van der Waals surface area contributed by atoms with Gasteiger partial charge >= 0.3 is 5.97 Å². The van der Waals surface area contributed by atoms with Crippen molar-refractivity contribution in [2.24, 2.45) is 0 Å². The van der Waals surface area contributed by atoms with Crippen molar-refractivity contribution in [3.63, 3.8) is 0 Å². The molecular formula is C16H16BrNO4S. The number of carbonyl (C=O) groups excluding carboxylic acids is 1.